The Hall–Kier alpha value is -1.11. The molecule has 1 rings (SSSR count). The van der Waals surface area contributed by atoms with Crippen molar-refractivity contribution in [2.24, 2.45) is 0 Å². The highest BCUT2D eigenvalue weighted by Gasteiger charge is 2.11. The van der Waals surface area contributed by atoms with Crippen LogP contribution in [0.25, 0.3) is 0 Å². The fourth-order valence-electron chi connectivity index (χ4n) is 1.59. The summed E-state index contributed by atoms with van der Waals surface area (Å²) < 4.78 is 25.9. The van der Waals surface area contributed by atoms with E-state index >= 15 is 0 Å². The molecule has 0 amide bonds. The summed E-state index contributed by atoms with van der Waals surface area (Å²) in [4.78, 5) is 0.292. The number of rotatable bonds is 8. The van der Waals surface area contributed by atoms with Crippen LogP contribution in [0.5, 0.6) is 0 Å². The van der Waals surface area contributed by atoms with Crippen molar-refractivity contribution in [1.82, 2.24) is 10.0 Å². The number of hydrogen-bond acceptors (Lipinski definition) is 4. The Labute approximate surface area is 115 Å². The van der Waals surface area contributed by atoms with Gasteiger partial charge >= 0.3 is 0 Å². The molecule has 0 fully saturated rings. The minimum absolute atomic E-state index is 0.292. The van der Waals surface area contributed by atoms with Crippen molar-refractivity contribution in [2.45, 2.75) is 31.7 Å². The molecule has 0 heterocycles. The van der Waals surface area contributed by atoms with Gasteiger partial charge in [0.15, 0.2) is 0 Å². The quantitative estimate of drug-likeness (QED) is 0.631. The number of nitrogens with one attached hydrogen (secondary N) is 3. The van der Waals surface area contributed by atoms with Crippen molar-refractivity contribution < 1.29 is 8.42 Å². The molecule has 0 aliphatic heterocycles. The summed E-state index contributed by atoms with van der Waals surface area (Å²) in [5.74, 6) is 0. The summed E-state index contributed by atoms with van der Waals surface area (Å²) in [6.45, 7) is 8.02. The average molecular weight is 285 g/mol. The molecule has 0 saturated heterocycles. The Balaban J connectivity index is 2.52. The van der Waals surface area contributed by atoms with E-state index in [1.165, 1.54) is 0 Å². The Kier molecular flexibility index (Phi) is 6.27. The van der Waals surface area contributed by atoms with Crippen LogP contribution < -0.4 is 15.4 Å². The van der Waals surface area contributed by atoms with E-state index in [1.54, 1.807) is 31.2 Å². The third kappa shape index (κ3) is 5.59. The van der Waals surface area contributed by atoms with Gasteiger partial charge in [-0.25, -0.2) is 13.1 Å². The molecule has 19 heavy (non-hydrogen) atoms. The Morgan fingerprint density at radius 2 is 1.74 bits per heavy atom. The molecule has 1 aromatic carbocycles. The van der Waals surface area contributed by atoms with Crippen molar-refractivity contribution in [2.75, 3.05) is 25.0 Å². The molecule has 5 nitrogen and oxygen atoms in total. The van der Waals surface area contributed by atoms with E-state index in [2.05, 4.69) is 29.2 Å². The van der Waals surface area contributed by atoms with Crippen LogP contribution in [0.2, 0.25) is 0 Å². The van der Waals surface area contributed by atoms with E-state index in [1.807, 2.05) is 0 Å². The minimum Gasteiger partial charge on any atom is -0.384 e. The maximum absolute atomic E-state index is 11.7. The first kappa shape index (κ1) is 15.9. The molecule has 0 atom stereocenters. The largest absolute Gasteiger partial charge is 0.384 e. The summed E-state index contributed by atoms with van der Waals surface area (Å²) in [5, 5.41) is 6.53. The molecular weight excluding hydrogens is 262 g/mol. The van der Waals surface area contributed by atoms with E-state index in [9.17, 15) is 8.42 Å². The summed E-state index contributed by atoms with van der Waals surface area (Å²) in [5.41, 5.74) is 0.918. The second kappa shape index (κ2) is 7.47. The van der Waals surface area contributed by atoms with Crippen LogP contribution >= 0.6 is 0 Å². The number of benzene rings is 1. The predicted octanol–water partition coefficient (Wildman–Crippen LogP) is 1.39. The molecule has 0 aliphatic carbocycles. The highest BCUT2D eigenvalue weighted by atomic mass is 32.2. The van der Waals surface area contributed by atoms with Crippen LogP contribution in [0.15, 0.2) is 29.2 Å². The van der Waals surface area contributed by atoms with Crippen LogP contribution in [0.3, 0.4) is 0 Å². The zero-order chi connectivity index (χ0) is 14.3. The van der Waals surface area contributed by atoms with Gasteiger partial charge in [-0.2, -0.15) is 0 Å². The molecule has 0 aromatic heterocycles. The first-order chi connectivity index (χ1) is 8.95. The molecule has 0 unspecified atom stereocenters. The van der Waals surface area contributed by atoms with Gasteiger partial charge in [-0.3, -0.25) is 0 Å². The molecule has 0 radical (unpaired) electrons. The van der Waals surface area contributed by atoms with E-state index in [0.29, 0.717) is 17.5 Å². The highest BCUT2D eigenvalue weighted by molar-refractivity contribution is 7.89. The van der Waals surface area contributed by atoms with Crippen molar-refractivity contribution in [3.63, 3.8) is 0 Å². The van der Waals surface area contributed by atoms with Crippen LogP contribution in [-0.2, 0) is 10.0 Å². The molecule has 1 aromatic rings. The van der Waals surface area contributed by atoms with Gasteiger partial charge in [0.25, 0.3) is 0 Å². The average Bonchev–Trinajstić information content (AvgIpc) is 2.35. The molecule has 3 N–H and O–H groups in total. The molecule has 0 saturated carbocycles. The lowest BCUT2D eigenvalue weighted by Gasteiger charge is -2.10. The minimum atomic E-state index is -3.35. The Morgan fingerprint density at radius 3 is 2.26 bits per heavy atom. The van der Waals surface area contributed by atoms with Crippen LogP contribution in [0.1, 0.15) is 20.8 Å². The lowest BCUT2D eigenvalue weighted by Crippen LogP contribution is -2.28. The lowest BCUT2D eigenvalue weighted by atomic mass is 10.3. The summed E-state index contributed by atoms with van der Waals surface area (Å²) in [6, 6.07) is 7.24. The monoisotopic (exact) mass is 285 g/mol. The maximum Gasteiger partial charge on any atom is 0.240 e. The second-order valence-corrected chi connectivity index (χ2v) is 6.33. The SMILES string of the molecule is CCNS(=O)(=O)c1ccc(NCCNC(C)C)cc1. The molecule has 108 valence electrons. The van der Waals surface area contributed by atoms with Gasteiger partial charge in [-0.15, -0.1) is 0 Å². The van der Waals surface area contributed by atoms with Gasteiger partial charge in [0.05, 0.1) is 4.90 Å². The fourth-order valence-corrected chi connectivity index (χ4v) is 2.63. The fraction of sp³-hybridized carbons (Fsp3) is 0.538. The van der Waals surface area contributed by atoms with Gasteiger partial charge in [0.2, 0.25) is 10.0 Å². The molecule has 0 spiro atoms. The first-order valence-corrected chi connectivity index (χ1v) is 8.01. The van der Waals surface area contributed by atoms with Gasteiger partial charge in [0, 0.05) is 31.4 Å². The van der Waals surface area contributed by atoms with Crippen molar-refractivity contribution in [3.8, 4) is 0 Å². The Morgan fingerprint density at radius 1 is 1.11 bits per heavy atom. The van der Waals surface area contributed by atoms with Crippen LogP contribution in [0, 0.1) is 0 Å². The summed E-state index contributed by atoms with van der Waals surface area (Å²) in [7, 11) is -3.35. The number of sulfonamides is 1. The van der Waals surface area contributed by atoms with E-state index in [-0.39, 0.29) is 0 Å². The normalized spacial score (nSPS) is 11.8. The van der Waals surface area contributed by atoms with Gasteiger partial charge in [-0.05, 0) is 24.3 Å². The van der Waals surface area contributed by atoms with E-state index in [4.69, 9.17) is 0 Å². The number of hydrogen-bond donors (Lipinski definition) is 3. The Bertz CT molecular complexity index is 469. The van der Waals surface area contributed by atoms with Crippen molar-refractivity contribution in [1.29, 1.82) is 0 Å². The van der Waals surface area contributed by atoms with Gasteiger partial charge < -0.3 is 10.6 Å². The van der Waals surface area contributed by atoms with Crippen LogP contribution in [0.4, 0.5) is 5.69 Å². The maximum atomic E-state index is 11.7. The van der Waals surface area contributed by atoms with E-state index < -0.39 is 10.0 Å². The zero-order valence-corrected chi connectivity index (χ0v) is 12.5. The second-order valence-electron chi connectivity index (χ2n) is 4.56. The smallest absolute Gasteiger partial charge is 0.240 e. The molecule has 0 aliphatic rings. The molecule has 6 heteroatoms. The third-order valence-electron chi connectivity index (χ3n) is 2.51. The van der Waals surface area contributed by atoms with Crippen LogP contribution in [-0.4, -0.2) is 34.1 Å². The lowest BCUT2D eigenvalue weighted by molar-refractivity contribution is 0.584. The predicted molar refractivity (Wildman–Crippen MR) is 78.9 cm³/mol. The van der Waals surface area contributed by atoms with Gasteiger partial charge in [0.1, 0.15) is 0 Å². The van der Waals surface area contributed by atoms with Crippen molar-refractivity contribution >= 4 is 15.7 Å². The van der Waals surface area contributed by atoms with E-state index in [0.717, 1.165) is 18.8 Å². The third-order valence-corrected chi connectivity index (χ3v) is 4.07. The highest BCUT2D eigenvalue weighted by Crippen LogP contribution is 2.13. The summed E-state index contributed by atoms with van der Waals surface area (Å²) in [6.07, 6.45) is 0. The molecular formula is C13H23N3O2S. The van der Waals surface area contributed by atoms with Gasteiger partial charge in [-0.1, -0.05) is 20.8 Å². The summed E-state index contributed by atoms with van der Waals surface area (Å²) >= 11 is 0. The first-order valence-electron chi connectivity index (χ1n) is 6.52. The topological polar surface area (TPSA) is 70.2 Å². The zero-order valence-electron chi connectivity index (χ0n) is 11.7. The standard InChI is InChI=1S/C13H23N3O2S/c1-4-16-19(17,18)13-7-5-12(6-8-13)15-10-9-14-11(2)3/h5-8,11,14-16H,4,9-10H2,1-3H3. The number of anilines is 1. The van der Waals surface area contributed by atoms with Crippen molar-refractivity contribution in [3.05, 3.63) is 24.3 Å². The molecule has 0 bridgehead atoms.